The van der Waals surface area contributed by atoms with Crippen LogP contribution in [0.5, 0.6) is 0 Å². The molecule has 0 aliphatic heterocycles. The molecule has 3 heterocycles. The molecule has 0 fully saturated rings. The van der Waals surface area contributed by atoms with Gasteiger partial charge < -0.3 is 9.40 Å². The predicted octanol–water partition coefficient (Wildman–Crippen LogP) is 5.25. The highest BCUT2D eigenvalue weighted by atomic mass is 79.9. The van der Waals surface area contributed by atoms with Crippen LogP contribution in [0.25, 0.3) is 33.6 Å². The predicted molar refractivity (Wildman–Crippen MR) is 86.9 cm³/mol. The second-order valence-electron chi connectivity index (χ2n) is 4.77. The highest BCUT2D eigenvalue weighted by Crippen LogP contribution is 2.38. The van der Waals surface area contributed by atoms with E-state index in [1.165, 1.54) is 0 Å². The van der Waals surface area contributed by atoms with Crippen LogP contribution in [0.15, 0.2) is 69.9 Å². The van der Waals surface area contributed by atoms with Crippen molar-refractivity contribution < 1.29 is 4.42 Å². The van der Waals surface area contributed by atoms with Crippen molar-refractivity contribution in [1.82, 2.24) is 9.97 Å². The van der Waals surface area contributed by atoms with E-state index in [0.717, 1.165) is 38.1 Å². The quantitative estimate of drug-likeness (QED) is 0.542. The lowest BCUT2D eigenvalue weighted by atomic mass is 10.0. The summed E-state index contributed by atoms with van der Waals surface area (Å²) in [5, 5.41) is 1.07. The van der Waals surface area contributed by atoms with E-state index in [1.807, 2.05) is 30.3 Å². The third kappa shape index (κ3) is 2.08. The van der Waals surface area contributed by atoms with Crippen molar-refractivity contribution in [2.75, 3.05) is 0 Å². The summed E-state index contributed by atoms with van der Waals surface area (Å²) in [6.45, 7) is 0. The zero-order valence-electron chi connectivity index (χ0n) is 11.0. The number of halogens is 1. The summed E-state index contributed by atoms with van der Waals surface area (Å²) in [5.41, 5.74) is 4.04. The van der Waals surface area contributed by atoms with E-state index < -0.39 is 0 Å². The molecule has 0 radical (unpaired) electrons. The van der Waals surface area contributed by atoms with Crippen molar-refractivity contribution >= 4 is 27.0 Å². The third-order valence-corrected chi connectivity index (χ3v) is 3.88. The van der Waals surface area contributed by atoms with Crippen LogP contribution < -0.4 is 0 Å². The molecule has 4 rings (SSSR count). The molecule has 102 valence electrons. The molecule has 0 spiro atoms. The number of nitrogens with zero attached hydrogens (tertiary/aromatic N) is 1. The average Bonchev–Trinajstić information content (AvgIpc) is 3.14. The molecule has 0 atom stereocenters. The lowest BCUT2D eigenvalue weighted by Crippen LogP contribution is -1.80. The SMILES string of the molecule is Brc1cnc2[nH]c(-c3ccco3)c(-c3ccccc3)c2c1. The van der Waals surface area contributed by atoms with Crippen LogP contribution in [0.3, 0.4) is 0 Å². The molecule has 3 nitrogen and oxygen atoms in total. The van der Waals surface area contributed by atoms with Crippen LogP contribution in [0.2, 0.25) is 0 Å². The molecular formula is C17H11BrN2O. The van der Waals surface area contributed by atoms with E-state index in [4.69, 9.17) is 4.42 Å². The molecule has 21 heavy (non-hydrogen) atoms. The summed E-state index contributed by atoms with van der Waals surface area (Å²) in [7, 11) is 0. The number of H-pyrrole nitrogens is 1. The second kappa shape index (κ2) is 4.90. The Morgan fingerprint density at radius 1 is 1.05 bits per heavy atom. The highest BCUT2D eigenvalue weighted by Gasteiger charge is 2.17. The number of aromatic amines is 1. The van der Waals surface area contributed by atoms with Crippen LogP contribution >= 0.6 is 15.9 Å². The summed E-state index contributed by atoms with van der Waals surface area (Å²) in [6, 6.07) is 16.2. The lowest BCUT2D eigenvalue weighted by molar-refractivity contribution is 0.581. The number of nitrogens with one attached hydrogen (secondary N) is 1. The minimum atomic E-state index is 0.808. The molecule has 0 aliphatic rings. The maximum Gasteiger partial charge on any atom is 0.150 e. The van der Waals surface area contributed by atoms with Crippen molar-refractivity contribution in [3.8, 4) is 22.6 Å². The fraction of sp³-hybridized carbons (Fsp3) is 0. The number of hydrogen-bond acceptors (Lipinski definition) is 2. The molecule has 3 aromatic heterocycles. The number of pyridine rings is 1. The Balaban J connectivity index is 2.09. The Morgan fingerprint density at radius 2 is 1.90 bits per heavy atom. The minimum absolute atomic E-state index is 0.808. The molecule has 0 aliphatic carbocycles. The first kappa shape index (κ1) is 12.4. The Kier molecular flexibility index (Phi) is 2.89. The summed E-state index contributed by atoms with van der Waals surface area (Å²) in [4.78, 5) is 7.82. The van der Waals surface area contributed by atoms with E-state index in [0.29, 0.717) is 0 Å². The van der Waals surface area contributed by atoms with E-state index in [1.54, 1.807) is 12.5 Å². The van der Waals surface area contributed by atoms with Gasteiger partial charge in [0.1, 0.15) is 5.65 Å². The zero-order valence-corrected chi connectivity index (χ0v) is 12.6. The van der Waals surface area contributed by atoms with Crippen LogP contribution in [-0.2, 0) is 0 Å². The summed E-state index contributed by atoms with van der Waals surface area (Å²) in [6.07, 6.45) is 3.47. The van der Waals surface area contributed by atoms with Crippen LogP contribution in [0, 0.1) is 0 Å². The van der Waals surface area contributed by atoms with Crippen molar-refractivity contribution in [3.05, 3.63) is 65.5 Å². The fourth-order valence-electron chi connectivity index (χ4n) is 2.56. The number of benzene rings is 1. The first-order valence-electron chi connectivity index (χ1n) is 6.59. The van der Waals surface area contributed by atoms with E-state index in [2.05, 4.69) is 44.1 Å². The first-order chi connectivity index (χ1) is 10.3. The van der Waals surface area contributed by atoms with Gasteiger partial charge >= 0.3 is 0 Å². The molecule has 0 saturated carbocycles. The van der Waals surface area contributed by atoms with Gasteiger partial charge in [-0.1, -0.05) is 30.3 Å². The highest BCUT2D eigenvalue weighted by molar-refractivity contribution is 9.10. The first-order valence-corrected chi connectivity index (χ1v) is 7.39. The topological polar surface area (TPSA) is 41.8 Å². The number of fused-ring (bicyclic) bond motifs is 1. The standard InChI is InChI=1S/C17H11BrN2O/c18-12-9-13-15(11-5-2-1-3-6-11)16(14-7-4-8-21-14)20-17(13)19-10-12/h1-10H,(H,19,20). The maximum atomic E-state index is 5.57. The normalized spacial score (nSPS) is 11.1. The molecule has 0 bridgehead atoms. The number of aromatic nitrogens is 2. The molecule has 1 aromatic carbocycles. The average molecular weight is 339 g/mol. The largest absolute Gasteiger partial charge is 0.463 e. The maximum absolute atomic E-state index is 5.57. The molecular weight excluding hydrogens is 328 g/mol. The third-order valence-electron chi connectivity index (χ3n) is 3.45. The Bertz CT molecular complexity index is 895. The molecule has 1 N–H and O–H groups in total. The van der Waals surface area contributed by atoms with Gasteiger partial charge in [-0.05, 0) is 39.7 Å². The zero-order chi connectivity index (χ0) is 14.2. The number of hydrogen-bond donors (Lipinski definition) is 1. The van der Waals surface area contributed by atoms with Gasteiger partial charge in [-0.25, -0.2) is 4.98 Å². The monoisotopic (exact) mass is 338 g/mol. The number of furan rings is 1. The van der Waals surface area contributed by atoms with Gasteiger partial charge in [-0.3, -0.25) is 0 Å². The fourth-order valence-corrected chi connectivity index (χ4v) is 2.89. The van der Waals surface area contributed by atoms with Gasteiger partial charge in [-0.15, -0.1) is 0 Å². The van der Waals surface area contributed by atoms with Crippen LogP contribution in [0.1, 0.15) is 0 Å². The molecule has 0 saturated heterocycles. The van der Waals surface area contributed by atoms with Crippen LogP contribution in [0.4, 0.5) is 0 Å². The van der Waals surface area contributed by atoms with E-state index in [-0.39, 0.29) is 0 Å². The van der Waals surface area contributed by atoms with Crippen LogP contribution in [-0.4, -0.2) is 9.97 Å². The summed E-state index contributed by atoms with van der Waals surface area (Å²) in [5.74, 6) is 0.808. The molecule has 0 unspecified atom stereocenters. The van der Waals surface area contributed by atoms with E-state index in [9.17, 15) is 0 Å². The van der Waals surface area contributed by atoms with Gasteiger partial charge in [0.15, 0.2) is 5.76 Å². The summed E-state index contributed by atoms with van der Waals surface area (Å²) < 4.78 is 6.53. The molecule has 4 heteroatoms. The van der Waals surface area contributed by atoms with Gasteiger partial charge in [-0.2, -0.15) is 0 Å². The van der Waals surface area contributed by atoms with Crippen molar-refractivity contribution in [3.63, 3.8) is 0 Å². The molecule has 4 aromatic rings. The Hall–Kier alpha value is -2.33. The number of rotatable bonds is 2. The van der Waals surface area contributed by atoms with Crippen molar-refractivity contribution in [1.29, 1.82) is 0 Å². The van der Waals surface area contributed by atoms with Gasteiger partial charge in [0.25, 0.3) is 0 Å². The van der Waals surface area contributed by atoms with Crippen molar-refractivity contribution in [2.24, 2.45) is 0 Å². The van der Waals surface area contributed by atoms with Gasteiger partial charge in [0, 0.05) is 21.6 Å². The minimum Gasteiger partial charge on any atom is -0.463 e. The Labute approximate surface area is 129 Å². The lowest BCUT2D eigenvalue weighted by Gasteiger charge is -2.03. The summed E-state index contributed by atoms with van der Waals surface area (Å²) >= 11 is 3.50. The smallest absolute Gasteiger partial charge is 0.150 e. The Morgan fingerprint density at radius 3 is 2.67 bits per heavy atom. The van der Waals surface area contributed by atoms with Gasteiger partial charge in [0.05, 0.1) is 12.0 Å². The second-order valence-corrected chi connectivity index (χ2v) is 5.68. The van der Waals surface area contributed by atoms with Crippen molar-refractivity contribution in [2.45, 2.75) is 0 Å². The van der Waals surface area contributed by atoms with Gasteiger partial charge in [0.2, 0.25) is 0 Å². The molecule has 0 amide bonds. The van der Waals surface area contributed by atoms with E-state index >= 15 is 0 Å².